The van der Waals surface area contributed by atoms with Crippen LogP contribution in [0.5, 0.6) is 0 Å². The minimum Gasteiger partial charge on any atom is -0.395 e. The van der Waals surface area contributed by atoms with Gasteiger partial charge in [0.05, 0.1) is 6.61 Å². The molecule has 14 heavy (non-hydrogen) atoms. The van der Waals surface area contributed by atoms with E-state index in [2.05, 4.69) is 38.2 Å². The van der Waals surface area contributed by atoms with Gasteiger partial charge in [-0.05, 0) is 32.4 Å². The van der Waals surface area contributed by atoms with E-state index in [1.54, 1.807) is 0 Å². The molecule has 80 valence electrons. The van der Waals surface area contributed by atoms with Gasteiger partial charge in [0.1, 0.15) is 0 Å². The molecule has 1 rings (SSSR count). The number of rotatable bonds is 5. The molecule has 0 spiro atoms. The molecule has 1 unspecified atom stereocenters. The van der Waals surface area contributed by atoms with E-state index < -0.39 is 0 Å². The topological polar surface area (TPSA) is 32.3 Å². The van der Waals surface area contributed by atoms with Crippen LogP contribution in [0, 0.1) is 6.92 Å². The monoisotopic (exact) mass is 213 g/mol. The first-order valence-electron chi connectivity index (χ1n) is 5.10. The summed E-state index contributed by atoms with van der Waals surface area (Å²) >= 11 is 1.81. The van der Waals surface area contributed by atoms with E-state index in [1.165, 1.54) is 9.75 Å². The summed E-state index contributed by atoms with van der Waals surface area (Å²) in [6.07, 6.45) is 0.963. The number of aliphatic hydroxyl groups excluding tert-OH is 1. The van der Waals surface area contributed by atoms with E-state index in [9.17, 15) is 0 Å². The van der Waals surface area contributed by atoms with Crippen molar-refractivity contribution in [2.24, 2.45) is 0 Å². The molecule has 1 heterocycles. The van der Waals surface area contributed by atoms with Crippen LogP contribution in [-0.4, -0.2) is 17.8 Å². The summed E-state index contributed by atoms with van der Waals surface area (Å²) in [5.41, 5.74) is 0. The highest BCUT2D eigenvalue weighted by Crippen LogP contribution is 2.22. The van der Waals surface area contributed by atoms with Crippen LogP contribution in [-0.2, 0) is 0 Å². The lowest BCUT2D eigenvalue weighted by Gasteiger charge is -2.19. The van der Waals surface area contributed by atoms with Gasteiger partial charge in [0.2, 0.25) is 0 Å². The van der Waals surface area contributed by atoms with Crippen molar-refractivity contribution in [1.82, 2.24) is 5.32 Å². The second kappa shape index (κ2) is 5.49. The van der Waals surface area contributed by atoms with Crippen LogP contribution in [0.4, 0.5) is 0 Å². The molecule has 2 nitrogen and oxygen atoms in total. The zero-order valence-corrected chi connectivity index (χ0v) is 9.90. The van der Waals surface area contributed by atoms with E-state index in [0.717, 1.165) is 6.42 Å². The predicted octanol–water partition coefficient (Wildman–Crippen LogP) is 2.48. The maximum absolute atomic E-state index is 9.07. The van der Waals surface area contributed by atoms with Crippen molar-refractivity contribution in [2.75, 3.05) is 6.61 Å². The fourth-order valence-corrected chi connectivity index (χ4v) is 2.31. The third-order valence-corrected chi connectivity index (χ3v) is 3.57. The Bertz CT molecular complexity index is 268. The van der Waals surface area contributed by atoms with Crippen LogP contribution in [0.15, 0.2) is 12.1 Å². The van der Waals surface area contributed by atoms with Crippen molar-refractivity contribution >= 4 is 11.3 Å². The number of thiophene rings is 1. The quantitative estimate of drug-likeness (QED) is 0.787. The Hall–Kier alpha value is -0.380. The van der Waals surface area contributed by atoms with Crippen LogP contribution in [0.3, 0.4) is 0 Å². The third kappa shape index (κ3) is 3.08. The molecular formula is C11H19NOS. The van der Waals surface area contributed by atoms with Crippen molar-refractivity contribution in [3.63, 3.8) is 0 Å². The molecule has 1 aromatic rings. The number of hydrogen-bond donors (Lipinski definition) is 2. The van der Waals surface area contributed by atoms with Crippen LogP contribution in [0.25, 0.3) is 0 Å². The van der Waals surface area contributed by atoms with E-state index in [0.29, 0.717) is 6.04 Å². The Morgan fingerprint density at radius 1 is 1.50 bits per heavy atom. The standard InChI is InChI=1S/C11H19NOS/c1-4-10(7-13)12-9(3)11-6-5-8(2)14-11/h5-6,9-10,12-13H,4,7H2,1-3H3/t9?,10-/m0/s1. The molecule has 2 N–H and O–H groups in total. The van der Waals surface area contributed by atoms with E-state index >= 15 is 0 Å². The summed E-state index contributed by atoms with van der Waals surface area (Å²) in [5, 5.41) is 12.5. The SMILES string of the molecule is CC[C@@H](CO)NC(C)c1ccc(C)s1. The lowest BCUT2D eigenvalue weighted by atomic mass is 10.2. The molecule has 2 atom stereocenters. The van der Waals surface area contributed by atoms with Gasteiger partial charge >= 0.3 is 0 Å². The Labute approximate surface area is 90.0 Å². The van der Waals surface area contributed by atoms with Crippen LogP contribution >= 0.6 is 11.3 Å². The van der Waals surface area contributed by atoms with Crippen LogP contribution in [0.1, 0.15) is 36.1 Å². The van der Waals surface area contributed by atoms with Gasteiger partial charge in [0.25, 0.3) is 0 Å². The zero-order valence-electron chi connectivity index (χ0n) is 9.08. The highest BCUT2D eigenvalue weighted by atomic mass is 32.1. The predicted molar refractivity (Wildman–Crippen MR) is 61.8 cm³/mol. The van der Waals surface area contributed by atoms with E-state index in [-0.39, 0.29) is 12.6 Å². The Kier molecular flexibility index (Phi) is 4.58. The molecule has 0 aliphatic heterocycles. The highest BCUT2D eigenvalue weighted by molar-refractivity contribution is 7.12. The van der Waals surface area contributed by atoms with E-state index in [1.807, 2.05) is 11.3 Å². The van der Waals surface area contributed by atoms with Gasteiger partial charge in [-0.25, -0.2) is 0 Å². The fourth-order valence-electron chi connectivity index (χ4n) is 1.42. The average molecular weight is 213 g/mol. The van der Waals surface area contributed by atoms with Gasteiger partial charge in [-0.15, -0.1) is 11.3 Å². The molecule has 0 saturated carbocycles. The summed E-state index contributed by atoms with van der Waals surface area (Å²) in [6, 6.07) is 4.85. The van der Waals surface area contributed by atoms with Crippen molar-refractivity contribution < 1.29 is 5.11 Å². The van der Waals surface area contributed by atoms with Crippen LogP contribution < -0.4 is 5.32 Å². The molecule has 0 radical (unpaired) electrons. The van der Waals surface area contributed by atoms with Gasteiger partial charge in [-0.2, -0.15) is 0 Å². The summed E-state index contributed by atoms with van der Waals surface area (Å²) in [7, 11) is 0. The van der Waals surface area contributed by atoms with Crippen molar-refractivity contribution in [2.45, 2.75) is 39.3 Å². The molecule has 0 bridgehead atoms. The molecule has 1 aromatic heterocycles. The first-order valence-corrected chi connectivity index (χ1v) is 5.92. The van der Waals surface area contributed by atoms with Gasteiger partial charge < -0.3 is 10.4 Å². The maximum atomic E-state index is 9.07. The molecule has 0 saturated heterocycles. The molecule has 0 amide bonds. The summed E-state index contributed by atoms with van der Waals surface area (Å²) in [6.45, 7) is 6.55. The Balaban J connectivity index is 2.53. The van der Waals surface area contributed by atoms with Gasteiger partial charge in [0.15, 0.2) is 0 Å². The largest absolute Gasteiger partial charge is 0.395 e. The normalized spacial score (nSPS) is 15.4. The number of aryl methyl sites for hydroxylation is 1. The lowest BCUT2D eigenvalue weighted by molar-refractivity contribution is 0.230. The summed E-state index contributed by atoms with van der Waals surface area (Å²) < 4.78 is 0. The van der Waals surface area contributed by atoms with Crippen LogP contribution in [0.2, 0.25) is 0 Å². The lowest BCUT2D eigenvalue weighted by Crippen LogP contribution is -2.33. The second-order valence-corrected chi connectivity index (χ2v) is 4.94. The molecular weight excluding hydrogens is 194 g/mol. The minimum absolute atomic E-state index is 0.213. The van der Waals surface area contributed by atoms with Crippen molar-refractivity contribution in [1.29, 1.82) is 0 Å². The molecule has 0 aromatic carbocycles. The Morgan fingerprint density at radius 3 is 2.64 bits per heavy atom. The van der Waals surface area contributed by atoms with Crippen molar-refractivity contribution in [3.05, 3.63) is 21.9 Å². The fraction of sp³-hybridized carbons (Fsp3) is 0.636. The smallest absolute Gasteiger partial charge is 0.0584 e. The third-order valence-electron chi connectivity index (χ3n) is 2.39. The average Bonchev–Trinajstić information content (AvgIpc) is 2.61. The van der Waals surface area contributed by atoms with Crippen molar-refractivity contribution in [3.8, 4) is 0 Å². The highest BCUT2D eigenvalue weighted by Gasteiger charge is 2.11. The minimum atomic E-state index is 0.213. The molecule has 0 aliphatic rings. The van der Waals surface area contributed by atoms with Gasteiger partial charge in [-0.3, -0.25) is 0 Å². The molecule has 3 heteroatoms. The number of nitrogens with one attached hydrogen (secondary N) is 1. The first-order chi connectivity index (χ1) is 6.67. The Morgan fingerprint density at radius 2 is 2.21 bits per heavy atom. The second-order valence-electron chi connectivity index (χ2n) is 3.62. The molecule has 0 aliphatic carbocycles. The maximum Gasteiger partial charge on any atom is 0.0584 e. The zero-order chi connectivity index (χ0) is 10.6. The van der Waals surface area contributed by atoms with E-state index in [4.69, 9.17) is 5.11 Å². The summed E-state index contributed by atoms with van der Waals surface area (Å²) in [5.74, 6) is 0. The number of aliphatic hydroxyl groups is 1. The van der Waals surface area contributed by atoms with Gasteiger partial charge in [0, 0.05) is 21.8 Å². The molecule has 0 fully saturated rings. The first kappa shape index (κ1) is 11.7. The number of hydrogen-bond acceptors (Lipinski definition) is 3. The summed E-state index contributed by atoms with van der Waals surface area (Å²) in [4.78, 5) is 2.68. The van der Waals surface area contributed by atoms with Gasteiger partial charge in [-0.1, -0.05) is 6.92 Å².